The fourth-order valence-electron chi connectivity index (χ4n) is 5.81. The van der Waals surface area contributed by atoms with Crippen LogP contribution < -0.4 is 0 Å². The van der Waals surface area contributed by atoms with Gasteiger partial charge in [-0.15, -0.1) is 18.5 Å². The van der Waals surface area contributed by atoms with Crippen molar-refractivity contribution >= 4 is 26.4 Å². The molecule has 0 rings (SSSR count). The van der Waals surface area contributed by atoms with Gasteiger partial charge in [0.2, 0.25) is 0 Å². The quantitative estimate of drug-likeness (QED) is 0.0710. The van der Waals surface area contributed by atoms with E-state index in [1.54, 1.807) is 0 Å². The maximum absolute atomic E-state index is 3.60. The average molecular weight is 547 g/mol. The third-order valence-corrected chi connectivity index (χ3v) is 15.0. The van der Waals surface area contributed by atoms with Gasteiger partial charge in [0.15, 0.2) is 0 Å². The molecule has 0 N–H and O–H groups in total. The highest BCUT2D eigenvalue weighted by Crippen LogP contribution is 2.71. The van der Waals surface area contributed by atoms with Crippen molar-refractivity contribution in [3.8, 4) is 0 Å². The molecule has 0 radical (unpaired) electrons. The third-order valence-electron chi connectivity index (χ3n) is 8.16. The Hall–Kier alpha value is 1.29. The number of unbranched alkanes of at least 4 members (excludes halogenated alkanes) is 15. The van der Waals surface area contributed by atoms with E-state index in [1.807, 2.05) is 0 Å². The lowest BCUT2D eigenvalue weighted by molar-refractivity contribution is 0.506. The topological polar surface area (TPSA) is 0 Å². The van der Waals surface area contributed by atoms with Crippen molar-refractivity contribution in [2.24, 2.45) is 0 Å². The first-order valence-electron chi connectivity index (χ1n) is 16.3. The summed E-state index contributed by atoms with van der Waals surface area (Å²) in [4.78, 5) is 1.00. The fourth-order valence-corrected chi connectivity index (χ4v) is 13.4. The minimum Gasteiger partial charge on any atom is -0.126 e. The zero-order chi connectivity index (χ0) is 26.3. The normalized spacial score (nSPS) is 12.7. The Morgan fingerprint density at radius 3 is 0.886 bits per heavy atom. The standard InChI is InChI=1S/C32H69P3/c1-6-11-16-21-26-31(33,27-22-17-12-7-2)35(30-25-20-15-10-5)32(34,28-23-18-13-8-3)29-24-19-14-9-4/h6-30,33-34H2,1-5H3. The molecule has 35 heavy (non-hydrogen) atoms. The number of rotatable bonds is 27. The minimum absolute atomic E-state index is 0.0258. The summed E-state index contributed by atoms with van der Waals surface area (Å²) < 4.78 is 0. The van der Waals surface area contributed by atoms with Crippen LogP contribution in [0.2, 0.25) is 0 Å². The van der Waals surface area contributed by atoms with Crippen molar-refractivity contribution in [3.05, 3.63) is 0 Å². The zero-order valence-corrected chi connectivity index (χ0v) is 28.5. The Morgan fingerprint density at radius 2 is 0.629 bits per heavy atom. The first kappa shape index (κ1) is 36.3. The molecule has 0 fully saturated rings. The van der Waals surface area contributed by atoms with E-state index >= 15 is 0 Å². The molecule has 0 aliphatic heterocycles. The Bertz CT molecular complexity index is 379. The molecule has 0 bridgehead atoms. The minimum atomic E-state index is -0.0258. The molecule has 0 aliphatic carbocycles. The lowest BCUT2D eigenvalue weighted by atomic mass is 10.0. The maximum atomic E-state index is 3.60. The second kappa shape index (κ2) is 24.3. The molecule has 3 heteroatoms. The molecule has 2 unspecified atom stereocenters. The number of hydrogen-bond donors (Lipinski definition) is 0. The second-order valence-corrected chi connectivity index (χ2v) is 17.9. The van der Waals surface area contributed by atoms with Gasteiger partial charge < -0.3 is 0 Å². The molecule has 2 atom stereocenters. The second-order valence-electron chi connectivity index (χ2n) is 11.7. The maximum Gasteiger partial charge on any atom is 0.00573 e. The van der Waals surface area contributed by atoms with Gasteiger partial charge in [0.05, 0.1) is 0 Å². The lowest BCUT2D eigenvalue weighted by Gasteiger charge is -2.50. The molecule has 0 aromatic heterocycles. The van der Waals surface area contributed by atoms with Gasteiger partial charge >= 0.3 is 0 Å². The Balaban J connectivity index is 5.83. The van der Waals surface area contributed by atoms with Crippen LogP contribution in [-0.2, 0) is 0 Å². The van der Waals surface area contributed by atoms with Crippen molar-refractivity contribution in [3.63, 3.8) is 0 Å². The molecule has 0 saturated heterocycles. The van der Waals surface area contributed by atoms with Crippen LogP contribution in [0.1, 0.15) is 189 Å². The van der Waals surface area contributed by atoms with Gasteiger partial charge in [-0.3, -0.25) is 0 Å². The van der Waals surface area contributed by atoms with E-state index in [1.165, 1.54) is 160 Å². The van der Waals surface area contributed by atoms with Gasteiger partial charge in [-0.25, -0.2) is 0 Å². The Morgan fingerprint density at radius 1 is 0.371 bits per heavy atom. The molecule has 0 spiro atoms. The van der Waals surface area contributed by atoms with Crippen LogP contribution in [-0.4, -0.2) is 16.0 Å². The summed E-state index contributed by atoms with van der Waals surface area (Å²) in [5, 5.41) is 0. The summed E-state index contributed by atoms with van der Waals surface area (Å²) in [5.41, 5.74) is 0. The first-order chi connectivity index (χ1) is 16.9. The summed E-state index contributed by atoms with van der Waals surface area (Å²) in [6.45, 7) is 11.8. The molecule has 0 aromatic rings. The Kier molecular flexibility index (Phi) is 25.2. The Labute approximate surface area is 230 Å². The van der Waals surface area contributed by atoms with Gasteiger partial charge in [0.25, 0.3) is 0 Å². The van der Waals surface area contributed by atoms with Crippen molar-refractivity contribution in [2.45, 2.75) is 199 Å². The van der Waals surface area contributed by atoms with Gasteiger partial charge in [-0.05, 0) is 38.3 Å². The van der Waals surface area contributed by atoms with E-state index in [0.717, 1.165) is 0 Å². The number of hydrogen-bond acceptors (Lipinski definition) is 0. The van der Waals surface area contributed by atoms with Crippen molar-refractivity contribution in [2.75, 3.05) is 6.16 Å². The van der Waals surface area contributed by atoms with Crippen LogP contribution in [0.3, 0.4) is 0 Å². The van der Waals surface area contributed by atoms with Crippen LogP contribution in [0.5, 0.6) is 0 Å². The SMILES string of the molecule is CCCCCCP(C(P)(CCCCCC)CCCCCC)C(P)(CCCCCC)CCCCCC. The average Bonchev–Trinajstić information content (AvgIpc) is 2.85. The first-order valence-corrected chi connectivity index (χ1v) is 19.0. The zero-order valence-electron chi connectivity index (χ0n) is 25.3. The molecule has 0 heterocycles. The molecular weight excluding hydrogens is 477 g/mol. The summed E-state index contributed by atoms with van der Waals surface area (Å²) in [6.07, 6.45) is 35.8. The molecule has 0 nitrogen and oxygen atoms in total. The van der Waals surface area contributed by atoms with Gasteiger partial charge in [0, 0.05) is 9.79 Å². The molecule has 0 aromatic carbocycles. The highest BCUT2D eigenvalue weighted by Gasteiger charge is 2.44. The summed E-state index contributed by atoms with van der Waals surface area (Å²) in [7, 11) is 7.18. The predicted molar refractivity (Wildman–Crippen MR) is 176 cm³/mol. The van der Waals surface area contributed by atoms with E-state index in [9.17, 15) is 0 Å². The fraction of sp³-hybridized carbons (Fsp3) is 1.00. The summed E-state index contributed by atoms with van der Waals surface area (Å²) >= 11 is 0. The molecule has 0 amide bonds. The van der Waals surface area contributed by atoms with Crippen LogP contribution in [0.15, 0.2) is 0 Å². The third kappa shape index (κ3) is 17.5. The summed E-state index contributed by atoms with van der Waals surface area (Å²) in [6, 6.07) is 0. The van der Waals surface area contributed by atoms with Crippen LogP contribution >= 0.6 is 26.4 Å². The predicted octanol–water partition coefficient (Wildman–Crippen LogP) is 13.1. The molecular formula is C32H69P3. The molecule has 212 valence electrons. The monoisotopic (exact) mass is 546 g/mol. The highest BCUT2D eigenvalue weighted by atomic mass is 31.2. The van der Waals surface area contributed by atoms with E-state index in [0.29, 0.717) is 9.79 Å². The van der Waals surface area contributed by atoms with E-state index in [4.69, 9.17) is 0 Å². The molecule has 0 aliphatic rings. The lowest BCUT2D eigenvalue weighted by Crippen LogP contribution is -2.32. The van der Waals surface area contributed by atoms with Crippen molar-refractivity contribution in [1.29, 1.82) is 0 Å². The van der Waals surface area contributed by atoms with Crippen LogP contribution in [0.4, 0.5) is 0 Å². The van der Waals surface area contributed by atoms with Crippen LogP contribution in [0.25, 0.3) is 0 Å². The van der Waals surface area contributed by atoms with Gasteiger partial charge in [-0.1, -0.05) is 165 Å². The van der Waals surface area contributed by atoms with E-state index in [-0.39, 0.29) is 7.92 Å². The summed E-state index contributed by atoms with van der Waals surface area (Å²) in [5.74, 6) is 0. The highest BCUT2D eigenvalue weighted by molar-refractivity contribution is 7.73. The van der Waals surface area contributed by atoms with E-state index in [2.05, 4.69) is 53.1 Å². The van der Waals surface area contributed by atoms with Crippen LogP contribution in [0, 0.1) is 0 Å². The smallest absolute Gasteiger partial charge is 0.00573 e. The van der Waals surface area contributed by atoms with Gasteiger partial charge in [-0.2, -0.15) is 0 Å². The molecule has 0 saturated carbocycles. The van der Waals surface area contributed by atoms with E-state index < -0.39 is 0 Å². The van der Waals surface area contributed by atoms with Crippen molar-refractivity contribution < 1.29 is 0 Å². The van der Waals surface area contributed by atoms with Gasteiger partial charge in [0.1, 0.15) is 0 Å². The largest absolute Gasteiger partial charge is 0.126 e. The van der Waals surface area contributed by atoms with Crippen molar-refractivity contribution in [1.82, 2.24) is 0 Å².